The van der Waals surface area contributed by atoms with Crippen LogP contribution in [0.4, 0.5) is 4.39 Å². The standard InChI is InChI=1S/C14H16FN3/c15-12-6-4-11(5-7-12)9-14(18-16)10-13-3-1-2-8-17-13/h1-8,14,18H,9-10,16H2. The van der Waals surface area contributed by atoms with Crippen molar-refractivity contribution in [1.29, 1.82) is 0 Å². The van der Waals surface area contributed by atoms with E-state index >= 15 is 0 Å². The van der Waals surface area contributed by atoms with Gasteiger partial charge in [0.15, 0.2) is 0 Å². The van der Waals surface area contributed by atoms with Gasteiger partial charge in [0.1, 0.15) is 5.82 Å². The summed E-state index contributed by atoms with van der Waals surface area (Å²) < 4.78 is 12.8. The second kappa shape index (κ2) is 6.23. The number of rotatable bonds is 5. The van der Waals surface area contributed by atoms with Crippen molar-refractivity contribution in [2.24, 2.45) is 5.84 Å². The Kier molecular flexibility index (Phi) is 4.39. The van der Waals surface area contributed by atoms with E-state index < -0.39 is 0 Å². The molecule has 0 aliphatic rings. The first-order chi connectivity index (χ1) is 8.78. The molecule has 0 bridgehead atoms. The van der Waals surface area contributed by atoms with Gasteiger partial charge in [-0.25, -0.2) is 4.39 Å². The van der Waals surface area contributed by atoms with E-state index in [-0.39, 0.29) is 11.9 Å². The molecule has 1 unspecified atom stereocenters. The Morgan fingerprint density at radius 3 is 2.50 bits per heavy atom. The van der Waals surface area contributed by atoms with Crippen molar-refractivity contribution < 1.29 is 4.39 Å². The van der Waals surface area contributed by atoms with Gasteiger partial charge >= 0.3 is 0 Å². The van der Waals surface area contributed by atoms with E-state index in [0.717, 1.165) is 24.1 Å². The van der Waals surface area contributed by atoms with Crippen molar-refractivity contribution in [2.45, 2.75) is 18.9 Å². The van der Waals surface area contributed by atoms with Gasteiger partial charge in [-0.3, -0.25) is 16.3 Å². The lowest BCUT2D eigenvalue weighted by Crippen LogP contribution is -2.38. The van der Waals surface area contributed by atoms with Crippen molar-refractivity contribution in [3.63, 3.8) is 0 Å². The number of nitrogens with zero attached hydrogens (tertiary/aromatic N) is 1. The molecule has 0 radical (unpaired) electrons. The molecule has 3 nitrogen and oxygen atoms in total. The fourth-order valence-electron chi connectivity index (χ4n) is 1.87. The van der Waals surface area contributed by atoms with Gasteiger partial charge in [-0.2, -0.15) is 0 Å². The molecule has 0 amide bonds. The normalized spacial score (nSPS) is 12.3. The maximum Gasteiger partial charge on any atom is 0.123 e. The molecule has 1 heterocycles. The fraction of sp³-hybridized carbons (Fsp3) is 0.214. The zero-order valence-electron chi connectivity index (χ0n) is 10.0. The largest absolute Gasteiger partial charge is 0.271 e. The van der Waals surface area contributed by atoms with Crippen LogP contribution in [0.2, 0.25) is 0 Å². The molecule has 4 heteroatoms. The van der Waals surface area contributed by atoms with Gasteiger partial charge in [0, 0.05) is 24.4 Å². The van der Waals surface area contributed by atoms with E-state index in [1.54, 1.807) is 18.3 Å². The van der Waals surface area contributed by atoms with Gasteiger partial charge in [-0.05, 0) is 36.2 Å². The summed E-state index contributed by atoms with van der Waals surface area (Å²) in [6.07, 6.45) is 3.25. The van der Waals surface area contributed by atoms with Crippen molar-refractivity contribution in [1.82, 2.24) is 10.4 Å². The van der Waals surface area contributed by atoms with E-state index in [1.807, 2.05) is 18.2 Å². The number of nitrogens with two attached hydrogens (primary N) is 1. The number of halogens is 1. The Bertz CT molecular complexity index is 470. The number of benzene rings is 1. The first kappa shape index (κ1) is 12.7. The van der Waals surface area contributed by atoms with E-state index in [1.165, 1.54) is 12.1 Å². The lowest BCUT2D eigenvalue weighted by Gasteiger charge is -2.15. The summed E-state index contributed by atoms with van der Waals surface area (Å²) in [6, 6.07) is 12.4. The molecule has 2 rings (SSSR count). The van der Waals surface area contributed by atoms with Crippen LogP contribution in [0, 0.1) is 5.82 Å². The molecule has 0 saturated carbocycles. The van der Waals surface area contributed by atoms with Crippen LogP contribution < -0.4 is 11.3 Å². The average molecular weight is 245 g/mol. The topological polar surface area (TPSA) is 50.9 Å². The summed E-state index contributed by atoms with van der Waals surface area (Å²) in [5.74, 6) is 5.32. The highest BCUT2D eigenvalue weighted by Gasteiger charge is 2.09. The highest BCUT2D eigenvalue weighted by atomic mass is 19.1. The average Bonchev–Trinajstić information content (AvgIpc) is 2.41. The molecule has 0 aliphatic heterocycles. The monoisotopic (exact) mass is 245 g/mol. The highest BCUT2D eigenvalue weighted by molar-refractivity contribution is 5.18. The quantitative estimate of drug-likeness (QED) is 0.624. The minimum absolute atomic E-state index is 0.0883. The molecule has 0 fully saturated rings. The summed E-state index contributed by atoms with van der Waals surface area (Å²) >= 11 is 0. The van der Waals surface area contributed by atoms with Crippen molar-refractivity contribution in [3.8, 4) is 0 Å². The number of nitrogens with one attached hydrogen (secondary N) is 1. The van der Waals surface area contributed by atoms with Crippen LogP contribution in [0.1, 0.15) is 11.3 Å². The smallest absolute Gasteiger partial charge is 0.123 e. The minimum atomic E-state index is -0.222. The van der Waals surface area contributed by atoms with Crippen LogP contribution in [-0.2, 0) is 12.8 Å². The molecule has 1 atom stereocenters. The predicted molar refractivity (Wildman–Crippen MR) is 69.2 cm³/mol. The van der Waals surface area contributed by atoms with E-state index in [4.69, 9.17) is 5.84 Å². The molecule has 18 heavy (non-hydrogen) atoms. The van der Waals surface area contributed by atoms with Crippen LogP contribution in [-0.4, -0.2) is 11.0 Å². The fourth-order valence-corrected chi connectivity index (χ4v) is 1.87. The third kappa shape index (κ3) is 3.61. The Labute approximate surface area is 106 Å². The summed E-state index contributed by atoms with van der Waals surface area (Å²) in [6.45, 7) is 0. The number of aromatic nitrogens is 1. The van der Waals surface area contributed by atoms with Crippen molar-refractivity contribution in [2.75, 3.05) is 0 Å². The summed E-state index contributed by atoms with van der Waals surface area (Å²) in [7, 11) is 0. The Morgan fingerprint density at radius 1 is 1.11 bits per heavy atom. The number of hydrogen-bond acceptors (Lipinski definition) is 3. The molecule has 3 N–H and O–H groups in total. The summed E-state index contributed by atoms with van der Waals surface area (Å²) in [5.41, 5.74) is 4.82. The zero-order valence-corrected chi connectivity index (χ0v) is 10.0. The van der Waals surface area contributed by atoms with Crippen molar-refractivity contribution in [3.05, 3.63) is 65.7 Å². The first-order valence-electron chi connectivity index (χ1n) is 5.88. The number of pyridine rings is 1. The molecular formula is C14H16FN3. The second-order valence-corrected chi connectivity index (χ2v) is 4.22. The van der Waals surface area contributed by atoms with Crippen LogP contribution >= 0.6 is 0 Å². The van der Waals surface area contributed by atoms with Crippen LogP contribution in [0.25, 0.3) is 0 Å². The molecule has 0 spiro atoms. The number of hydrogen-bond donors (Lipinski definition) is 2. The van der Waals surface area contributed by atoms with E-state index in [0.29, 0.717) is 0 Å². The van der Waals surface area contributed by atoms with Crippen LogP contribution in [0.5, 0.6) is 0 Å². The van der Waals surface area contributed by atoms with Crippen LogP contribution in [0.15, 0.2) is 48.7 Å². The van der Waals surface area contributed by atoms with E-state index in [2.05, 4.69) is 10.4 Å². The van der Waals surface area contributed by atoms with Crippen molar-refractivity contribution >= 4 is 0 Å². The zero-order chi connectivity index (χ0) is 12.8. The SMILES string of the molecule is NNC(Cc1ccc(F)cc1)Cc1ccccn1. The Balaban J connectivity index is 1.99. The predicted octanol–water partition coefficient (Wildman–Crippen LogP) is 1.84. The molecule has 1 aromatic carbocycles. The molecule has 2 aromatic rings. The number of hydrazine groups is 1. The maximum atomic E-state index is 12.8. The van der Waals surface area contributed by atoms with Gasteiger partial charge in [0.05, 0.1) is 0 Å². The summed E-state index contributed by atoms with van der Waals surface area (Å²) in [4.78, 5) is 4.27. The molecule has 94 valence electrons. The third-order valence-corrected chi connectivity index (χ3v) is 2.81. The van der Waals surface area contributed by atoms with Gasteiger partial charge in [0.25, 0.3) is 0 Å². The lowest BCUT2D eigenvalue weighted by atomic mass is 10.0. The van der Waals surface area contributed by atoms with Gasteiger partial charge in [0.2, 0.25) is 0 Å². The highest BCUT2D eigenvalue weighted by Crippen LogP contribution is 2.08. The lowest BCUT2D eigenvalue weighted by molar-refractivity contribution is 0.517. The van der Waals surface area contributed by atoms with Gasteiger partial charge in [-0.1, -0.05) is 18.2 Å². The summed E-state index contributed by atoms with van der Waals surface area (Å²) in [5, 5.41) is 0. The third-order valence-electron chi connectivity index (χ3n) is 2.81. The Morgan fingerprint density at radius 2 is 1.89 bits per heavy atom. The van der Waals surface area contributed by atoms with E-state index in [9.17, 15) is 4.39 Å². The Hall–Kier alpha value is -1.78. The molecule has 0 aliphatic carbocycles. The second-order valence-electron chi connectivity index (χ2n) is 4.22. The molecule has 1 aromatic heterocycles. The van der Waals surface area contributed by atoms with Gasteiger partial charge in [-0.15, -0.1) is 0 Å². The van der Waals surface area contributed by atoms with Crippen LogP contribution in [0.3, 0.4) is 0 Å². The maximum absolute atomic E-state index is 12.8. The molecule has 0 saturated heterocycles. The minimum Gasteiger partial charge on any atom is -0.271 e. The van der Waals surface area contributed by atoms with Gasteiger partial charge < -0.3 is 0 Å². The first-order valence-corrected chi connectivity index (χ1v) is 5.88. The molecular weight excluding hydrogens is 229 g/mol.